The second kappa shape index (κ2) is 10.2. The van der Waals surface area contributed by atoms with Crippen molar-refractivity contribution in [3.05, 3.63) is 42.0 Å². The van der Waals surface area contributed by atoms with Gasteiger partial charge in [-0.3, -0.25) is 9.35 Å². The van der Waals surface area contributed by atoms with Crippen LogP contribution in [0.3, 0.4) is 0 Å². The topological polar surface area (TPSA) is 153 Å². The number of thiazole rings is 1. The molecule has 5 rings (SSSR count). The molecule has 2 aliphatic rings. The van der Waals surface area contributed by atoms with Crippen LogP contribution >= 0.6 is 11.3 Å². The van der Waals surface area contributed by atoms with E-state index in [0.29, 0.717) is 20.9 Å². The van der Waals surface area contributed by atoms with Crippen molar-refractivity contribution >= 4 is 61.2 Å². The number of carboxylic acid groups (broad SMARTS) is 1. The van der Waals surface area contributed by atoms with Gasteiger partial charge in [-0.1, -0.05) is 11.3 Å². The van der Waals surface area contributed by atoms with Gasteiger partial charge in [-0.25, -0.2) is 27.7 Å². The molecule has 3 aromatic rings. The fourth-order valence-corrected chi connectivity index (χ4v) is 6.77. The second-order valence-corrected chi connectivity index (χ2v) is 10.8. The number of hydrogen-bond acceptors (Lipinski definition) is 8. The lowest BCUT2D eigenvalue weighted by molar-refractivity contribution is -0.148. The number of carboxylic acids is 1. The van der Waals surface area contributed by atoms with Crippen molar-refractivity contribution in [2.45, 2.75) is 37.8 Å². The molecule has 1 unspecified atom stereocenters. The number of pyridine rings is 1. The predicted octanol–water partition coefficient (Wildman–Crippen LogP) is 2.25. The average Bonchev–Trinajstić information content (AvgIpc) is 3.61. The Morgan fingerprint density at radius 2 is 2.05 bits per heavy atom. The number of nitrogens with two attached hydrogens (primary N) is 1. The summed E-state index contributed by atoms with van der Waals surface area (Å²) in [6.07, 6.45) is 4.87. The van der Waals surface area contributed by atoms with Crippen LogP contribution in [0.15, 0.2) is 30.6 Å². The van der Waals surface area contributed by atoms with Crippen molar-refractivity contribution < 1.29 is 27.8 Å². The number of nitrogens with zero attached hydrogens (tertiary/aromatic N) is 5. The first kappa shape index (κ1) is 25.3. The van der Waals surface area contributed by atoms with Gasteiger partial charge in [-0.2, -0.15) is 0 Å². The number of benzene rings is 1. The van der Waals surface area contributed by atoms with Gasteiger partial charge in [0.15, 0.2) is 5.13 Å². The van der Waals surface area contributed by atoms with Crippen molar-refractivity contribution in [3.63, 3.8) is 0 Å². The molecule has 2 fully saturated rings. The molecule has 0 spiro atoms. The van der Waals surface area contributed by atoms with Crippen LogP contribution in [-0.2, 0) is 27.3 Å². The fraction of sp³-hybridized carbons (Fsp3) is 0.391. The molecule has 3 atom stereocenters. The minimum atomic E-state index is -2.54. The summed E-state index contributed by atoms with van der Waals surface area (Å²) in [7, 11) is 0. The molecule has 0 aliphatic carbocycles. The monoisotopic (exact) mass is 548 g/mol. The summed E-state index contributed by atoms with van der Waals surface area (Å²) in [4.78, 5) is 37.1. The van der Waals surface area contributed by atoms with Crippen LogP contribution in [0.5, 0.6) is 0 Å². The largest absolute Gasteiger partial charge is 0.480 e. The van der Waals surface area contributed by atoms with Crippen LogP contribution in [0, 0.1) is 5.82 Å². The first-order chi connectivity index (χ1) is 17.7. The SMILES string of the molecule is Nc1nccc2cc(C[C@H](C(=O)O)N3CC[C@H](N(c4cnc(N5CCCC5)s4)S(=O)O)C3=O)c(F)cc12. The number of rotatable bonds is 8. The van der Waals surface area contributed by atoms with E-state index in [1.54, 1.807) is 6.07 Å². The van der Waals surface area contributed by atoms with E-state index in [-0.39, 0.29) is 30.8 Å². The molecule has 0 radical (unpaired) electrons. The highest BCUT2D eigenvalue weighted by Gasteiger charge is 2.44. The third kappa shape index (κ3) is 4.83. The van der Waals surface area contributed by atoms with Gasteiger partial charge in [0.1, 0.15) is 28.7 Å². The molecule has 2 aliphatic heterocycles. The standard InChI is InChI=1S/C23H25FN6O5S2/c24-16-11-15-13(3-5-26-20(15)25)9-14(16)10-18(22(32)33)29-8-4-17(21(29)31)30(37(34)35)19-12-27-23(36-19)28-6-1-2-7-28/h3,5,9,11-12,17-18H,1-2,4,6-8,10H2,(H2,25,26)(H,32,33)(H,34,35)/t17-,18+/m0/s1. The lowest BCUT2D eigenvalue weighted by Crippen LogP contribution is -2.48. The number of likely N-dealkylation sites (tertiary alicyclic amines) is 1. The quantitative estimate of drug-likeness (QED) is 0.360. The molecule has 2 aromatic heterocycles. The molecule has 1 aromatic carbocycles. The minimum absolute atomic E-state index is 0.0397. The van der Waals surface area contributed by atoms with Crippen LogP contribution < -0.4 is 14.9 Å². The Labute approximate surface area is 218 Å². The number of nitrogen functional groups attached to an aromatic ring is 1. The third-order valence-corrected chi connectivity index (χ3v) is 8.74. The summed E-state index contributed by atoms with van der Waals surface area (Å²) in [5, 5.41) is 12.0. The molecule has 196 valence electrons. The van der Waals surface area contributed by atoms with Crippen molar-refractivity contribution in [2.24, 2.45) is 0 Å². The van der Waals surface area contributed by atoms with E-state index in [9.17, 15) is 27.8 Å². The molecule has 2 saturated heterocycles. The van der Waals surface area contributed by atoms with E-state index < -0.39 is 41.0 Å². The summed E-state index contributed by atoms with van der Waals surface area (Å²) in [6, 6.07) is 1.94. The molecular weight excluding hydrogens is 523 g/mol. The van der Waals surface area contributed by atoms with Gasteiger partial charge in [0.2, 0.25) is 5.91 Å². The summed E-state index contributed by atoms with van der Waals surface area (Å²) < 4.78 is 38.3. The van der Waals surface area contributed by atoms with Crippen molar-refractivity contribution in [1.82, 2.24) is 14.9 Å². The molecule has 14 heteroatoms. The summed E-state index contributed by atoms with van der Waals surface area (Å²) in [6.45, 7) is 1.73. The maximum atomic E-state index is 14.9. The number of aromatic nitrogens is 2. The first-order valence-electron chi connectivity index (χ1n) is 11.7. The Kier molecular flexibility index (Phi) is 6.96. The van der Waals surface area contributed by atoms with Crippen molar-refractivity contribution in [2.75, 3.05) is 34.6 Å². The Morgan fingerprint density at radius 3 is 2.76 bits per heavy atom. The molecule has 0 saturated carbocycles. The van der Waals surface area contributed by atoms with Gasteiger partial charge >= 0.3 is 5.97 Å². The number of carbonyl (C=O) groups is 2. The molecule has 4 N–H and O–H groups in total. The van der Waals surface area contributed by atoms with Gasteiger partial charge in [0, 0.05) is 37.6 Å². The van der Waals surface area contributed by atoms with Gasteiger partial charge < -0.3 is 20.6 Å². The smallest absolute Gasteiger partial charge is 0.326 e. The lowest BCUT2D eigenvalue weighted by Gasteiger charge is -2.27. The molecule has 0 bridgehead atoms. The number of carbonyl (C=O) groups excluding carboxylic acids is 1. The maximum absolute atomic E-state index is 14.9. The van der Waals surface area contributed by atoms with E-state index in [1.165, 1.54) is 35.9 Å². The van der Waals surface area contributed by atoms with Gasteiger partial charge in [0.25, 0.3) is 11.3 Å². The van der Waals surface area contributed by atoms with E-state index >= 15 is 0 Å². The van der Waals surface area contributed by atoms with E-state index in [1.807, 2.05) is 0 Å². The number of amides is 1. The van der Waals surface area contributed by atoms with E-state index in [2.05, 4.69) is 14.9 Å². The summed E-state index contributed by atoms with van der Waals surface area (Å²) in [5.41, 5.74) is 5.93. The highest BCUT2D eigenvalue weighted by atomic mass is 32.2. The number of hydrogen-bond donors (Lipinski definition) is 3. The second-order valence-electron chi connectivity index (χ2n) is 8.99. The van der Waals surface area contributed by atoms with Gasteiger partial charge in [0.05, 0.1) is 6.20 Å². The zero-order chi connectivity index (χ0) is 26.3. The lowest BCUT2D eigenvalue weighted by atomic mass is 10.0. The Bertz CT molecular complexity index is 1380. The van der Waals surface area contributed by atoms with Crippen LogP contribution in [0.2, 0.25) is 0 Å². The van der Waals surface area contributed by atoms with E-state index in [0.717, 1.165) is 35.1 Å². The van der Waals surface area contributed by atoms with Crippen molar-refractivity contribution in [3.8, 4) is 0 Å². The molecule has 4 heterocycles. The third-order valence-electron chi connectivity index (χ3n) is 6.77. The normalized spacial score (nSPS) is 19.5. The van der Waals surface area contributed by atoms with Gasteiger partial charge in [-0.15, -0.1) is 0 Å². The van der Waals surface area contributed by atoms with Crippen LogP contribution in [0.25, 0.3) is 10.8 Å². The Morgan fingerprint density at radius 1 is 1.30 bits per heavy atom. The van der Waals surface area contributed by atoms with E-state index in [4.69, 9.17) is 5.73 Å². The highest BCUT2D eigenvalue weighted by Crippen LogP contribution is 2.36. The molecule has 1 amide bonds. The van der Waals surface area contributed by atoms with Crippen LogP contribution in [-0.4, -0.2) is 72.3 Å². The Hall–Kier alpha value is -3.36. The minimum Gasteiger partial charge on any atom is -0.480 e. The zero-order valence-electron chi connectivity index (χ0n) is 19.6. The molecule has 37 heavy (non-hydrogen) atoms. The number of fused-ring (bicyclic) bond motifs is 1. The van der Waals surface area contributed by atoms with Crippen LogP contribution in [0.1, 0.15) is 24.8 Å². The number of halogens is 1. The van der Waals surface area contributed by atoms with Gasteiger partial charge in [-0.05, 0) is 48.4 Å². The van der Waals surface area contributed by atoms with Crippen LogP contribution in [0.4, 0.5) is 20.3 Å². The predicted molar refractivity (Wildman–Crippen MR) is 138 cm³/mol. The number of aliphatic carboxylic acids is 1. The zero-order valence-corrected chi connectivity index (χ0v) is 21.3. The maximum Gasteiger partial charge on any atom is 0.326 e. The fourth-order valence-electron chi connectivity index (χ4n) is 4.93. The summed E-state index contributed by atoms with van der Waals surface area (Å²) in [5.74, 6) is -2.41. The first-order valence-corrected chi connectivity index (χ1v) is 13.6. The highest BCUT2D eigenvalue weighted by molar-refractivity contribution is 7.81. The average molecular weight is 549 g/mol. The van der Waals surface area contributed by atoms with Crippen molar-refractivity contribution in [1.29, 1.82) is 0 Å². The molecular formula is C23H25FN6O5S2. The molecule has 11 nitrogen and oxygen atoms in total. The Balaban J connectivity index is 1.39. The summed E-state index contributed by atoms with van der Waals surface area (Å²) >= 11 is -1.33. The number of anilines is 3.